The van der Waals surface area contributed by atoms with Gasteiger partial charge in [-0.25, -0.2) is 0 Å². The Bertz CT molecular complexity index is 120. The Morgan fingerprint density at radius 2 is 1.73 bits per heavy atom. The fourth-order valence-corrected chi connectivity index (χ4v) is 1.57. The molecule has 3 heteroatoms. The smallest absolute Gasteiger partial charge is 0.0593 e. The normalized spacial score (nSPS) is 11.2. The van der Waals surface area contributed by atoms with Crippen molar-refractivity contribution in [3.8, 4) is 0 Å². The number of likely N-dealkylation sites (N-methyl/N-ethyl adjacent to an activating group) is 1. The van der Waals surface area contributed by atoms with Crippen LogP contribution in [0.1, 0.15) is 39.5 Å². The van der Waals surface area contributed by atoms with Crippen LogP contribution in [-0.2, 0) is 4.74 Å². The topological polar surface area (TPSA) is 32.7 Å². The van der Waals surface area contributed by atoms with Crippen LogP contribution in [0, 0.1) is 0 Å². The predicted octanol–water partition coefficient (Wildman–Crippen LogP) is 1.90. The molecule has 0 saturated carbocycles. The average Bonchev–Trinajstić information content (AvgIpc) is 2.26. The lowest BCUT2D eigenvalue weighted by molar-refractivity contribution is 0.114. The highest BCUT2D eigenvalue weighted by atomic mass is 16.5. The van der Waals surface area contributed by atoms with Crippen LogP contribution in [-0.4, -0.2) is 49.5 Å². The largest absolute Gasteiger partial charge is 0.396 e. The summed E-state index contributed by atoms with van der Waals surface area (Å²) in [6.45, 7) is 9.54. The van der Waals surface area contributed by atoms with Crippen molar-refractivity contribution >= 4 is 0 Å². The van der Waals surface area contributed by atoms with Gasteiger partial charge in [-0.2, -0.15) is 0 Å². The number of aliphatic hydroxyl groups is 1. The van der Waals surface area contributed by atoms with E-state index in [9.17, 15) is 0 Å². The molecule has 0 amide bonds. The van der Waals surface area contributed by atoms with Crippen molar-refractivity contribution in [3.63, 3.8) is 0 Å². The molecule has 0 aromatic rings. The Morgan fingerprint density at radius 3 is 2.33 bits per heavy atom. The average molecular weight is 217 g/mol. The molecule has 3 nitrogen and oxygen atoms in total. The molecule has 0 bridgehead atoms. The Balaban J connectivity index is 3.28. The number of nitrogens with zero attached hydrogens (tertiary/aromatic N) is 1. The minimum absolute atomic E-state index is 0.335. The summed E-state index contributed by atoms with van der Waals surface area (Å²) in [5, 5.41) is 8.64. The molecule has 0 spiro atoms. The number of hydrogen-bond donors (Lipinski definition) is 1. The van der Waals surface area contributed by atoms with E-state index in [2.05, 4.69) is 11.8 Å². The first-order chi connectivity index (χ1) is 7.35. The van der Waals surface area contributed by atoms with E-state index in [0.29, 0.717) is 6.61 Å². The van der Waals surface area contributed by atoms with Gasteiger partial charge in [0.1, 0.15) is 0 Å². The maximum absolute atomic E-state index is 8.64. The van der Waals surface area contributed by atoms with Gasteiger partial charge in [0.15, 0.2) is 0 Å². The van der Waals surface area contributed by atoms with E-state index in [1.54, 1.807) is 0 Å². The van der Waals surface area contributed by atoms with Gasteiger partial charge in [-0.05, 0) is 32.9 Å². The number of hydrogen-bond acceptors (Lipinski definition) is 3. The first-order valence-corrected chi connectivity index (χ1v) is 6.26. The molecule has 1 N–H and O–H groups in total. The zero-order valence-corrected chi connectivity index (χ0v) is 10.4. The third kappa shape index (κ3) is 10.2. The zero-order chi connectivity index (χ0) is 11.4. The van der Waals surface area contributed by atoms with Gasteiger partial charge < -0.3 is 14.7 Å². The van der Waals surface area contributed by atoms with Crippen molar-refractivity contribution in [2.75, 3.05) is 39.5 Å². The highest BCUT2D eigenvalue weighted by molar-refractivity contribution is 4.55. The summed E-state index contributed by atoms with van der Waals surface area (Å²) in [6, 6.07) is 0. The summed E-state index contributed by atoms with van der Waals surface area (Å²) in [4.78, 5) is 2.43. The number of unbranched alkanes of at least 4 members (excludes halogenated alkanes) is 3. The zero-order valence-electron chi connectivity index (χ0n) is 10.4. The molecule has 0 atom stereocenters. The molecule has 0 aliphatic heterocycles. The van der Waals surface area contributed by atoms with Crippen molar-refractivity contribution in [1.82, 2.24) is 4.90 Å². The molecule has 0 aliphatic rings. The van der Waals surface area contributed by atoms with Crippen LogP contribution >= 0.6 is 0 Å². The molecule has 15 heavy (non-hydrogen) atoms. The predicted molar refractivity (Wildman–Crippen MR) is 64.2 cm³/mol. The van der Waals surface area contributed by atoms with E-state index in [-0.39, 0.29) is 0 Å². The Morgan fingerprint density at radius 1 is 1.00 bits per heavy atom. The van der Waals surface area contributed by atoms with E-state index >= 15 is 0 Å². The quantitative estimate of drug-likeness (QED) is 0.537. The number of ether oxygens (including phenoxy) is 1. The molecule has 0 fully saturated rings. The molecule has 0 aromatic carbocycles. The fourth-order valence-electron chi connectivity index (χ4n) is 1.57. The van der Waals surface area contributed by atoms with Crippen LogP contribution in [0.4, 0.5) is 0 Å². The third-order valence-corrected chi connectivity index (χ3v) is 2.59. The highest BCUT2D eigenvalue weighted by Gasteiger charge is 2.01. The highest BCUT2D eigenvalue weighted by Crippen LogP contribution is 2.01. The van der Waals surface area contributed by atoms with Gasteiger partial charge in [-0.3, -0.25) is 0 Å². The molecule has 0 unspecified atom stereocenters. The minimum Gasteiger partial charge on any atom is -0.396 e. The molecular weight excluding hydrogens is 190 g/mol. The van der Waals surface area contributed by atoms with Gasteiger partial charge in [0, 0.05) is 19.8 Å². The molecule has 0 aliphatic carbocycles. The van der Waals surface area contributed by atoms with Crippen LogP contribution in [0.15, 0.2) is 0 Å². The van der Waals surface area contributed by atoms with Crippen LogP contribution in [0.3, 0.4) is 0 Å². The monoisotopic (exact) mass is 217 g/mol. The second-order valence-corrected chi connectivity index (χ2v) is 3.77. The van der Waals surface area contributed by atoms with Crippen LogP contribution in [0.2, 0.25) is 0 Å². The van der Waals surface area contributed by atoms with Crippen LogP contribution in [0.5, 0.6) is 0 Å². The van der Waals surface area contributed by atoms with E-state index in [1.807, 2.05) is 6.92 Å². The lowest BCUT2D eigenvalue weighted by Crippen LogP contribution is -2.28. The molecule has 0 rings (SSSR count). The van der Waals surface area contributed by atoms with Gasteiger partial charge in [0.25, 0.3) is 0 Å². The van der Waals surface area contributed by atoms with Crippen LogP contribution < -0.4 is 0 Å². The molecular formula is C12H27NO2. The standard InChI is InChI=1S/C12H27NO2/c1-3-13(10-12-15-4-2)9-7-5-6-8-11-14/h14H,3-12H2,1-2H3. The van der Waals surface area contributed by atoms with Crippen molar-refractivity contribution < 1.29 is 9.84 Å². The Labute approximate surface area is 94.4 Å². The summed E-state index contributed by atoms with van der Waals surface area (Å²) in [5.41, 5.74) is 0. The van der Waals surface area contributed by atoms with E-state index in [1.165, 1.54) is 12.8 Å². The summed E-state index contributed by atoms with van der Waals surface area (Å²) in [6.07, 6.45) is 4.57. The third-order valence-electron chi connectivity index (χ3n) is 2.59. The SMILES string of the molecule is CCOCCN(CC)CCCCCCO. The number of rotatable bonds is 11. The van der Waals surface area contributed by atoms with Gasteiger partial charge >= 0.3 is 0 Å². The van der Waals surface area contributed by atoms with Gasteiger partial charge in [0.2, 0.25) is 0 Å². The van der Waals surface area contributed by atoms with Crippen molar-refractivity contribution in [3.05, 3.63) is 0 Å². The first-order valence-electron chi connectivity index (χ1n) is 6.26. The van der Waals surface area contributed by atoms with Crippen molar-refractivity contribution in [2.45, 2.75) is 39.5 Å². The number of aliphatic hydroxyl groups excluding tert-OH is 1. The first kappa shape index (κ1) is 14.9. The van der Waals surface area contributed by atoms with Crippen LogP contribution in [0.25, 0.3) is 0 Å². The van der Waals surface area contributed by atoms with Crippen molar-refractivity contribution in [2.24, 2.45) is 0 Å². The molecule has 0 heterocycles. The lowest BCUT2D eigenvalue weighted by atomic mass is 10.2. The van der Waals surface area contributed by atoms with Gasteiger partial charge in [-0.15, -0.1) is 0 Å². The second kappa shape index (κ2) is 12.0. The lowest BCUT2D eigenvalue weighted by Gasteiger charge is -2.19. The second-order valence-electron chi connectivity index (χ2n) is 3.77. The summed E-state index contributed by atoms with van der Waals surface area (Å²) in [5.74, 6) is 0. The Kier molecular flexibility index (Phi) is 11.9. The maximum Gasteiger partial charge on any atom is 0.0593 e. The fraction of sp³-hybridized carbons (Fsp3) is 1.00. The molecule has 92 valence electrons. The summed E-state index contributed by atoms with van der Waals surface area (Å²) in [7, 11) is 0. The van der Waals surface area contributed by atoms with E-state index in [4.69, 9.17) is 9.84 Å². The van der Waals surface area contributed by atoms with Crippen molar-refractivity contribution in [1.29, 1.82) is 0 Å². The van der Waals surface area contributed by atoms with Gasteiger partial charge in [-0.1, -0.05) is 19.8 Å². The van der Waals surface area contributed by atoms with Gasteiger partial charge in [0.05, 0.1) is 6.61 Å². The van der Waals surface area contributed by atoms with E-state index < -0.39 is 0 Å². The minimum atomic E-state index is 0.335. The molecule has 0 aromatic heterocycles. The summed E-state index contributed by atoms with van der Waals surface area (Å²) >= 11 is 0. The van der Waals surface area contributed by atoms with E-state index in [0.717, 1.165) is 45.7 Å². The Hall–Kier alpha value is -0.120. The molecule has 0 radical (unpaired) electrons. The maximum atomic E-state index is 8.64. The molecule has 0 saturated heterocycles. The summed E-state index contributed by atoms with van der Waals surface area (Å²) < 4.78 is 5.34.